The van der Waals surface area contributed by atoms with E-state index in [0.29, 0.717) is 12.1 Å². The van der Waals surface area contributed by atoms with Crippen molar-refractivity contribution >= 4 is 11.7 Å². The monoisotopic (exact) mass is 318 g/mol. The van der Waals surface area contributed by atoms with E-state index >= 15 is 0 Å². The van der Waals surface area contributed by atoms with Gasteiger partial charge in [-0.05, 0) is 44.7 Å². The van der Waals surface area contributed by atoms with Crippen LogP contribution in [0.15, 0.2) is 12.1 Å². The van der Waals surface area contributed by atoms with Crippen LogP contribution in [0.1, 0.15) is 44.2 Å². The number of likely N-dealkylation sites (tertiary alicyclic amines) is 1. The summed E-state index contributed by atoms with van der Waals surface area (Å²) in [5.74, 6) is 0.940. The Balaban J connectivity index is 1.39. The largest absolute Gasteiger partial charge is 0.368 e. The van der Waals surface area contributed by atoms with Crippen LogP contribution >= 0.6 is 0 Å². The average Bonchev–Trinajstić information content (AvgIpc) is 3.09. The lowest BCUT2D eigenvalue weighted by Crippen LogP contribution is -2.44. The first-order valence-electron chi connectivity index (χ1n) is 8.67. The number of ether oxygens (including phenoxy) is 1. The fraction of sp³-hybridized carbons (Fsp3) is 0.706. The van der Waals surface area contributed by atoms with E-state index in [-0.39, 0.29) is 12.5 Å². The van der Waals surface area contributed by atoms with Crippen molar-refractivity contribution in [1.29, 1.82) is 0 Å². The zero-order valence-electron chi connectivity index (χ0n) is 13.8. The van der Waals surface area contributed by atoms with Crippen molar-refractivity contribution in [3.63, 3.8) is 0 Å². The Morgan fingerprint density at radius 3 is 2.61 bits per heavy atom. The normalized spacial score (nSPS) is 20.0. The molecule has 1 aromatic heterocycles. The Bertz CT molecular complexity index is 506. The Hall–Kier alpha value is -1.69. The molecule has 6 heteroatoms. The van der Waals surface area contributed by atoms with E-state index in [1.54, 1.807) is 0 Å². The highest BCUT2D eigenvalue weighted by Gasteiger charge is 2.24. The van der Waals surface area contributed by atoms with E-state index in [0.717, 1.165) is 50.3 Å². The fourth-order valence-corrected chi connectivity index (χ4v) is 3.29. The van der Waals surface area contributed by atoms with Crippen LogP contribution in [0.4, 0.5) is 5.82 Å². The first-order valence-corrected chi connectivity index (χ1v) is 8.67. The maximum absolute atomic E-state index is 12.2. The average molecular weight is 318 g/mol. The molecule has 1 amide bonds. The van der Waals surface area contributed by atoms with E-state index < -0.39 is 0 Å². The number of aromatic nitrogens is 2. The molecule has 0 atom stereocenters. The van der Waals surface area contributed by atoms with Crippen LogP contribution in [-0.2, 0) is 9.53 Å². The van der Waals surface area contributed by atoms with Crippen molar-refractivity contribution in [2.75, 3.05) is 25.0 Å². The molecule has 6 nitrogen and oxygen atoms in total. The maximum atomic E-state index is 12.2. The molecular formula is C17H26N4O2. The van der Waals surface area contributed by atoms with Crippen molar-refractivity contribution in [2.45, 2.75) is 57.6 Å². The van der Waals surface area contributed by atoms with Gasteiger partial charge in [0, 0.05) is 19.1 Å². The molecule has 1 aliphatic heterocycles. The van der Waals surface area contributed by atoms with Crippen LogP contribution in [0.3, 0.4) is 0 Å². The fourth-order valence-electron chi connectivity index (χ4n) is 3.29. The van der Waals surface area contributed by atoms with Gasteiger partial charge in [0.25, 0.3) is 0 Å². The lowest BCUT2D eigenvalue weighted by molar-refractivity contribution is -0.139. The number of piperidine rings is 1. The van der Waals surface area contributed by atoms with E-state index in [1.807, 2.05) is 24.0 Å². The quantitative estimate of drug-likeness (QED) is 0.901. The second kappa shape index (κ2) is 7.73. The van der Waals surface area contributed by atoms with Gasteiger partial charge < -0.3 is 15.0 Å². The molecule has 2 fully saturated rings. The van der Waals surface area contributed by atoms with Gasteiger partial charge in [-0.1, -0.05) is 12.8 Å². The molecule has 0 unspecified atom stereocenters. The number of rotatable bonds is 5. The minimum absolute atomic E-state index is 0.130. The highest BCUT2D eigenvalue weighted by atomic mass is 16.5. The molecular weight excluding hydrogens is 292 g/mol. The molecule has 0 spiro atoms. The highest BCUT2D eigenvalue weighted by molar-refractivity contribution is 5.77. The van der Waals surface area contributed by atoms with Crippen molar-refractivity contribution < 1.29 is 9.53 Å². The molecule has 1 saturated carbocycles. The molecule has 23 heavy (non-hydrogen) atoms. The van der Waals surface area contributed by atoms with E-state index in [4.69, 9.17) is 4.74 Å². The summed E-state index contributed by atoms with van der Waals surface area (Å²) in [6, 6.07) is 4.26. The molecule has 0 aromatic carbocycles. The van der Waals surface area contributed by atoms with Crippen molar-refractivity contribution in [1.82, 2.24) is 15.1 Å². The summed E-state index contributed by atoms with van der Waals surface area (Å²) in [5, 5.41) is 11.6. The number of anilines is 1. The predicted octanol–water partition coefficient (Wildman–Crippen LogP) is 2.15. The van der Waals surface area contributed by atoms with Crippen LogP contribution in [0.25, 0.3) is 0 Å². The van der Waals surface area contributed by atoms with Gasteiger partial charge in [0.05, 0.1) is 11.8 Å². The smallest absolute Gasteiger partial charge is 0.248 e. The van der Waals surface area contributed by atoms with Gasteiger partial charge in [-0.3, -0.25) is 4.79 Å². The second-order valence-corrected chi connectivity index (χ2v) is 6.58. The summed E-state index contributed by atoms with van der Waals surface area (Å²) in [6.07, 6.45) is 6.86. The third-order valence-corrected chi connectivity index (χ3v) is 4.74. The van der Waals surface area contributed by atoms with Gasteiger partial charge in [0.15, 0.2) is 0 Å². The van der Waals surface area contributed by atoms with Crippen LogP contribution in [0.2, 0.25) is 0 Å². The molecule has 2 heterocycles. The number of carbonyl (C=O) groups is 1. The minimum atomic E-state index is 0.130. The zero-order valence-corrected chi connectivity index (χ0v) is 13.8. The van der Waals surface area contributed by atoms with Crippen LogP contribution in [0, 0.1) is 6.92 Å². The summed E-state index contributed by atoms with van der Waals surface area (Å²) in [7, 11) is 0. The molecule has 2 aliphatic rings. The third-order valence-electron chi connectivity index (χ3n) is 4.74. The highest BCUT2D eigenvalue weighted by Crippen LogP contribution is 2.21. The Morgan fingerprint density at radius 1 is 1.22 bits per heavy atom. The first-order chi connectivity index (χ1) is 11.2. The first kappa shape index (κ1) is 16.2. The number of carbonyl (C=O) groups excluding carboxylic acids is 1. The van der Waals surface area contributed by atoms with E-state index in [1.165, 1.54) is 12.8 Å². The van der Waals surface area contributed by atoms with Crippen molar-refractivity contribution in [3.05, 3.63) is 17.8 Å². The van der Waals surface area contributed by atoms with Gasteiger partial charge in [-0.25, -0.2) is 0 Å². The van der Waals surface area contributed by atoms with Gasteiger partial charge in [-0.15, -0.1) is 5.10 Å². The van der Waals surface area contributed by atoms with E-state index in [9.17, 15) is 4.79 Å². The van der Waals surface area contributed by atoms with Crippen LogP contribution in [-0.4, -0.2) is 52.8 Å². The van der Waals surface area contributed by atoms with Gasteiger partial charge in [-0.2, -0.15) is 5.10 Å². The van der Waals surface area contributed by atoms with Crippen molar-refractivity contribution in [3.8, 4) is 0 Å². The Labute approximate surface area is 137 Å². The number of hydrogen-bond acceptors (Lipinski definition) is 5. The van der Waals surface area contributed by atoms with E-state index in [2.05, 4.69) is 15.5 Å². The van der Waals surface area contributed by atoms with Crippen LogP contribution < -0.4 is 5.32 Å². The number of aryl methyl sites for hydroxylation is 1. The molecule has 126 valence electrons. The number of amides is 1. The standard InChI is InChI=1S/C17H26N4O2/c1-13-6-7-16(20-19-13)18-14-8-10-21(11-9-14)17(22)12-23-15-4-2-3-5-15/h6-7,14-15H,2-5,8-12H2,1H3,(H,18,20). The van der Waals surface area contributed by atoms with Crippen LogP contribution in [0.5, 0.6) is 0 Å². The molecule has 0 radical (unpaired) electrons. The molecule has 1 aliphatic carbocycles. The topological polar surface area (TPSA) is 67.4 Å². The summed E-state index contributed by atoms with van der Waals surface area (Å²) >= 11 is 0. The lowest BCUT2D eigenvalue weighted by atomic mass is 10.1. The Kier molecular flexibility index (Phi) is 5.43. The van der Waals surface area contributed by atoms with Gasteiger partial charge in [0.2, 0.25) is 5.91 Å². The summed E-state index contributed by atoms with van der Waals surface area (Å²) in [6.45, 7) is 3.73. The number of hydrogen-bond donors (Lipinski definition) is 1. The minimum Gasteiger partial charge on any atom is -0.368 e. The summed E-state index contributed by atoms with van der Waals surface area (Å²) in [4.78, 5) is 14.1. The summed E-state index contributed by atoms with van der Waals surface area (Å²) < 4.78 is 5.73. The zero-order chi connectivity index (χ0) is 16.1. The maximum Gasteiger partial charge on any atom is 0.248 e. The third kappa shape index (κ3) is 4.64. The van der Waals surface area contributed by atoms with Crippen molar-refractivity contribution in [2.24, 2.45) is 0 Å². The molecule has 1 N–H and O–H groups in total. The second-order valence-electron chi connectivity index (χ2n) is 6.58. The molecule has 0 bridgehead atoms. The summed E-state index contributed by atoms with van der Waals surface area (Å²) in [5.41, 5.74) is 0.915. The number of nitrogens with zero attached hydrogens (tertiary/aromatic N) is 3. The Morgan fingerprint density at radius 2 is 1.96 bits per heavy atom. The molecule has 3 rings (SSSR count). The molecule has 1 saturated heterocycles. The predicted molar refractivity (Wildman–Crippen MR) is 88.2 cm³/mol. The lowest BCUT2D eigenvalue weighted by Gasteiger charge is -2.32. The number of nitrogens with one attached hydrogen (secondary N) is 1. The molecule has 1 aromatic rings. The van der Waals surface area contributed by atoms with Gasteiger partial charge >= 0.3 is 0 Å². The van der Waals surface area contributed by atoms with Gasteiger partial charge in [0.1, 0.15) is 12.4 Å². The SMILES string of the molecule is Cc1ccc(NC2CCN(C(=O)COC3CCCC3)CC2)nn1.